The van der Waals surface area contributed by atoms with E-state index in [0.717, 1.165) is 82.8 Å². The van der Waals surface area contributed by atoms with Crippen molar-refractivity contribution in [2.75, 3.05) is 36.4 Å². The number of piperidine rings is 3. The number of carbonyl (C=O) groups excluding carboxylic acids is 3. The van der Waals surface area contributed by atoms with Crippen LogP contribution in [0.5, 0.6) is 0 Å². The Morgan fingerprint density at radius 3 is 2.42 bits per heavy atom. The van der Waals surface area contributed by atoms with Gasteiger partial charge in [0.1, 0.15) is 6.04 Å². The summed E-state index contributed by atoms with van der Waals surface area (Å²) in [7, 11) is 0. The summed E-state index contributed by atoms with van der Waals surface area (Å²) in [5.41, 5.74) is 8.17. The first-order valence-corrected chi connectivity index (χ1v) is 17.9. The number of rotatable bonds is 7. The summed E-state index contributed by atoms with van der Waals surface area (Å²) in [4.78, 5) is 53.2. The SMILES string of the molecule is O=C1CCC(N2Cc3cc(C4CCN(Cc5ccc(N6CCC(Nc7ncc8c(n7)CCCC8)CC6)cc5)CC4)ccc3C2=O)C(=O)N1. The second kappa shape index (κ2) is 13.3. The van der Waals surface area contributed by atoms with Crippen molar-refractivity contribution in [3.8, 4) is 0 Å². The van der Waals surface area contributed by atoms with Gasteiger partial charge < -0.3 is 15.1 Å². The average Bonchev–Trinajstić information content (AvgIpc) is 3.44. The lowest BCUT2D eigenvalue weighted by molar-refractivity contribution is -0.136. The first-order chi connectivity index (χ1) is 23.5. The number of anilines is 2. The molecule has 1 aliphatic carbocycles. The highest BCUT2D eigenvalue weighted by molar-refractivity contribution is 6.05. The fraction of sp³-hybridized carbons (Fsp3) is 0.500. The predicted molar refractivity (Wildman–Crippen MR) is 184 cm³/mol. The number of imide groups is 1. The Kier molecular flexibility index (Phi) is 8.59. The molecule has 2 aromatic carbocycles. The van der Waals surface area contributed by atoms with E-state index in [1.54, 1.807) is 4.90 Å². The molecule has 4 aliphatic heterocycles. The molecule has 48 heavy (non-hydrogen) atoms. The first-order valence-electron chi connectivity index (χ1n) is 17.9. The first kappa shape index (κ1) is 31.0. The summed E-state index contributed by atoms with van der Waals surface area (Å²) in [6, 6.07) is 15.2. The highest BCUT2D eigenvalue weighted by atomic mass is 16.2. The van der Waals surface area contributed by atoms with Crippen LogP contribution in [0.25, 0.3) is 0 Å². The zero-order valence-electron chi connectivity index (χ0n) is 27.6. The number of aromatic nitrogens is 2. The minimum absolute atomic E-state index is 0.107. The number of aryl methyl sites for hydroxylation is 2. The monoisotopic (exact) mass is 647 g/mol. The molecule has 5 aliphatic rings. The van der Waals surface area contributed by atoms with E-state index in [4.69, 9.17) is 4.98 Å². The van der Waals surface area contributed by atoms with Crippen molar-refractivity contribution < 1.29 is 14.4 Å². The highest BCUT2D eigenvalue weighted by Crippen LogP contribution is 2.34. The third kappa shape index (κ3) is 6.42. The maximum Gasteiger partial charge on any atom is 0.255 e. The van der Waals surface area contributed by atoms with E-state index in [2.05, 4.69) is 61.8 Å². The maximum absolute atomic E-state index is 13.1. The fourth-order valence-electron chi connectivity index (χ4n) is 8.35. The molecule has 3 amide bonds. The Morgan fingerprint density at radius 1 is 0.833 bits per heavy atom. The van der Waals surface area contributed by atoms with E-state index in [0.29, 0.717) is 30.5 Å². The Labute approximate surface area is 282 Å². The number of hydrogen-bond donors (Lipinski definition) is 2. The summed E-state index contributed by atoms with van der Waals surface area (Å²) in [5, 5.41) is 5.99. The van der Waals surface area contributed by atoms with Gasteiger partial charge in [0, 0.05) is 61.8 Å². The quantitative estimate of drug-likeness (QED) is 0.359. The Morgan fingerprint density at radius 2 is 1.62 bits per heavy atom. The van der Waals surface area contributed by atoms with Crippen LogP contribution in [0.1, 0.15) is 95.6 Å². The van der Waals surface area contributed by atoms with Crippen LogP contribution in [-0.4, -0.2) is 75.8 Å². The molecule has 1 aromatic heterocycles. The van der Waals surface area contributed by atoms with E-state index in [9.17, 15) is 14.4 Å². The second-order valence-corrected chi connectivity index (χ2v) is 14.3. The molecule has 2 N–H and O–H groups in total. The van der Waals surface area contributed by atoms with Crippen molar-refractivity contribution in [3.05, 3.63) is 82.2 Å². The van der Waals surface area contributed by atoms with Crippen LogP contribution in [0.2, 0.25) is 0 Å². The molecular weight excluding hydrogens is 602 g/mol. The zero-order valence-corrected chi connectivity index (χ0v) is 27.6. The third-order valence-corrected chi connectivity index (χ3v) is 11.2. The number of carbonyl (C=O) groups is 3. The van der Waals surface area contributed by atoms with Crippen molar-refractivity contribution >= 4 is 29.4 Å². The van der Waals surface area contributed by atoms with Gasteiger partial charge in [-0.25, -0.2) is 9.97 Å². The van der Waals surface area contributed by atoms with E-state index in [1.165, 1.54) is 40.9 Å². The normalized spacial score (nSPS) is 22.4. The zero-order chi connectivity index (χ0) is 32.6. The fourth-order valence-corrected chi connectivity index (χ4v) is 8.35. The number of nitrogens with one attached hydrogen (secondary N) is 2. The number of likely N-dealkylation sites (tertiary alicyclic amines) is 1. The van der Waals surface area contributed by atoms with E-state index < -0.39 is 6.04 Å². The molecule has 3 aromatic rings. The molecule has 0 spiro atoms. The molecule has 10 heteroatoms. The Bertz CT molecular complexity index is 1690. The maximum atomic E-state index is 13.1. The molecule has 3 saturated heterocycles. The summed E-state index contributed by atoms with van der Waals surface area (Å²) in [6.45, 7) is 5.53. The van der Waals surface area contributed by atoms with Gasteiger partial charge in [-0.2, -0.15) is 0 Å². The van der Waals surface area contributed by atoms with Gasteiger partial charge in [0.2, 0.25) is 17.8 Å². The lowest BCUT2D eigenvalue weighted by atomic mass is 9.87. The lowest BCUT2D eigenvalue weighted by Crippen LogP contribution is -2.52. The van der Waals surface area contributed by atoms with Gasteiger partial charge in [-0.3, -0.25) is 24.6 Å². The molecule has 0 radical (unpaired) electrons. The van der Waals surface area contributed by atoms with Gasteiger partial charge in [-0.05, 0) is 117 Å². The number of fused-ring (bicyclic) bond motifs is 2. The third-order valence-electron chi connectivity index (χ3n) is 11.2. The standard InChI is InChI=1S/C38H45N7O3/c46-35-12-11-34(36(47)42-35)45-24-29-21-27(7-10-32(29)37(45)48)26-13-17-43(18-14-26)23-25-5-8-31(9-6-25)44-19-15-30(16-20-44)40-38-39-22-28-3-1-2-4-33(28)41-38/h5-10,21-22,26,30,34H,1-4,11-20,23-24H2,(H,39,40,41)(H,42,46,47). The van der Waals surface area contributed by atoms with Crippen LogP contribution in [-0.2, 0) is 35.5 Å². The van der Waals surface area contributed by atoms with Crippen LogP contribution in [0.15, 0.2) is 48.7 Å². The molecule has 1 atom stereocenters. The van der Waals surface area contributed by atoms with Crippen molar-refractivity contribution in [2.45, 2.75) is 95.3 Å². The van der Waals surface area contributed by atoms with Crippen LogP contribution in [0.3, 0.4) is 0 Å². The minimum Gasteiger partial charge on any atom is -0.371 e. The van der Waals surface area contributed by atoms with Crippen molar-refractivity contribution in [1.82, 2.24) is 25.1 Å². The van der Waals surface area contributed by atoms with E-state index >= 15 is 0 Å². The smallest absolute Gasteiger partial charge is 0.255 e. The van der Waals surface area contributed by atoms with Gasteiger partial charge in [-0.15, -0.1) is 0 Å². The number of amides is 3. The van der Waals surface area contributed by atoms with Crippen molar-refractivity contribution in [3.63, 3.8) is 0 Å². The average molecular weight is 648 g/mol. The number of hydrogen-bond acceptors (Lipinski definition) is 8. The molecule has 10 nitrogen and oxygen atoms in total. The van der Waals surface area contributed by atoms with Gasteiger partial charge in [-0.1, -0.05) is 24.3 Å². The van der Waals surface area contributed by atoms with Gasteiger partial charge in [0.25, 0.3) is 5.91 Å². The number of benzene rings is 2. The van der Waals surface area contributed by atoms with E-state index in [1.807, 2.05) is 12.3 Å². The van der Waals surface area contributed by atoms with E-state index in [-0.39, 0.29) is 24.1 Å². The highest BCUT2D eigenvalue weighted by Gasteiger charge is 2.39. The summed E-state index contributed by atoms with van der Waals surface area (Å²) in [6.07, 6.45) is 11.7. The second-order valence-electron chi connectivity index (χ2n) is 14.3. The largest absolute Gasteiger partial charge is 0.371 e. The van der Waals surface area contributed by atoms with Crippen LogP contribution in [0.4, 0.5) is 11.6 Å². The van der Waals surface area contributed by atoms with Crippen LogP contribution < -0.4 is 15.5 Å². The Balaban J connectivity index is 0.800. The molecular formula is C38H45N7O3. The molecule has 3 fully saturated rings. The van der Waals surface area contributed by atoms with Crippen molar-refractivity contribution in [1.29, 1.82) is 0 Å². The summed E-state index contributed by atoms with van der Waals surface area (Å²) in [5.74, 6) is 0.529. The van der Waals surface area contributed by atoms with Gasteiger partial charge >= 0.3 is 0 Å². The molecule has 0 bridgehead atoms. The van der Waals surface area contributed by atoms with Gasteiger partial charge in [0.05, 0.1) is 0 Å². The molecule has 5 heterocycles. The van der Waals surface area contributed by atoms with Crippen LogP contribution in [0, 0.1) is 0 Å². The molecule has 8 rings (SSSR count). The molecule has 250 valence electrons. The lowest BCUT2D eigenvalue weighted by Gasteiger charge is -2.34. The minimum atomic E-state index is -0.571. The van der Waals surface area contributed by atoms with Crippen LogP contribution >= 0.6 is 0 Å². The molecule has 1 unspecified atom stereocenters. The van der Waals surface area contributed by atoms with Gasteiger partial charge in [0.15, 0.2) is 0 Å². The summed E-state index contributed by atoms with van der Waals surface area (Å²) < 4.78 is 0. The Hall–Kier alpha value is -4.31. The topological polar surface area (TPSA) is 111 Å². The number of nitrogens with zero attached hydrogens (tertiary/aromatic N) is 5. The molecule has 0 saturated carbocycles. The summed E-state index contributed by atoms with van der Waals surface area (Å²) >= 11 is 0. The van der Waals surface area contributed by atoms with Crippen molar-refractivity contribution in [2.24, 2.45) is 0 Å². The predicted octanol–water partition coefficient (Wildman–Crippen LogP) is 4.58.